The second-order valence-electron chi connectivity index (χ2n) is 2.89. The van der Waals surface area contributed by atoms with Gasteiger partial charge in [-0.1, -0.05) is 30.6 Å². The highest BCUT2D eigenvalue weighted by atomic mass is 16.5. The Morgan fingerprint density at radius 3 is 3.07 bits per heavy atom. The van der Waals surface area contributed by atoms with Crippen molar-refractivity contribution >= 4 is 5.69 Å². The van der Waals surface area contributed by atoms with Gasteiger partial charge in [0.2, 0.25) is 0 Å². The summed E-state index contributed by atoms with van der Waals surface area (Å²) in [6.07, 6.45) is 2.14. The van der Waals surface area contributed by atoms with E-state index in [1.54, 1.807) is 12.1 Å². The molecule has 0 amide bonds. The lowest BCUT2D eigenvalue weighted by molar-refractivity contribution is 0.309. The van der Waals surface area contributed by atoms with Crippen LogP contribution in [-0.4, -0.2) is 6.61 Å². The average molecular weight is 191 g/mol. The molecule has 0 spiro atoms. The molecule has 0 fully saturated rings. The molecule has 0 radical (unpaired) electrons. The van der Waals surface area contributed by atoms with Crippen molar-refractivity contribution in [3.05, 3.63) is 34.7 Å². The van der Waals surface area contributed by atoms with Gasteiger partial charge < -0.3 is 4.74 Å². The minimum absolute atomic E-state index is 0.585. The van der Waals surface area contributed by atoms with E-state index in [4.69, 9.17) is 10.3 Å². The topological polar surface area (TPSA) is 58.0 Å². The van der Waals surface area contributed by atoms with Gasteiger partial charge in [-0.3, -0.25) is 0 Å². The molecule has 0 unspecified atom stereocenters. The molecule has 0 N–H and O–H groups in total. The summed E-state index contributed by atoms with van der Waals surface area (Å²) in [5.41, 5.74) is 8.83. The van der Waals surface area contributed by atoms with Crippen molar-refractivity contribution < 1.29 is 4.74 Å². The molecule has 0 aliphatic heterocycles. The molecule has 74 valence electrons. The Kier molecular flexibility index (Phi) is 4.38. The Bertz CT molecular complexity index is 332. The molecule has 0 atom stereocenters. The number of nitrogens with zero attached hydrogens (tertiary/aromatic N) is 3. The quantitative estimate of drug-likeness (QED) is 0.302. The van der Waals surface area contributed by atoms with Crippen LogP contribution in [0.25, 0.3) is 10.4 Å². The predicted octanol–water partition coefficient (Wildman–Crippen LogP) is 3.81. The van der Waals surface area contributed by atoms with E-state index in [2.05, 4.69) is 16.9 Å². The summed E-state index contributed by atoms with van der Waals surface area (Å²) in [5, 5.41) is 3.50. The SMILES string of the molecule is CCCCOc1cccc(N=[N+]=[N-])c1. The first-order valence-corrected chi connectivity index (χ1v) is 4.64. The number of unbranched alkanes of at least 4 members (excludes halogenated alkanes) is 1. The molecule has 0 bridgehead atoms. The van der Waals surface area contributed by atoms with E-state index in [1.165, 1.54) is 0 Å². The summed E-state index contributed by atoms with van der Waals surface area (Å²) in [5.74, 6) is 0.753. The van der Waals surface area contributed by atoms with Crippen LogP contribution >= 0.6 is 0 Å². The molecule has 4 nitrogen and oxygen atoms in total. The summed E-state index contributed by atoms with van der Waals surface area (Å²) >= 11 is 0. The van der Waals surface area contributed by atoms with Crippen LogP contribution in [0.5, 0.6) is 5.75 Å². The van der Waals surface area contributed by atoms with Crippen LogP contribution < -0.4 is 4.74 Å². The Balaban J connectivity index is 2.59. The van der Waals surface area contributed by atoms with Crippen molar-refractivity contribution in [3.8, 4) is 5.75 Å². The fraction of sp³-hybridized carbons (Fsp3) is 0.400. The molecule has 1 aromatic rings. The summed E-state index contributed by atoms with van der Waals surface area (Å²) in [7, 11) is 0. The maximum absolute atomic E-state index is 8.24. The first kappa shape index (κ1) is 10.4. The van der Waals surface area contributed by atoms with Gasteiger partial charge in [-0.05, 0) is 24.1 Å². The highest BCUT2D eigenvalue weighted by molar-refractivity contribution is 5.42. The van der Waals surface area contributed by atoms with Gasteiger partial charge in [0.25, 0.3) is 0 Å². The lowest BCUT2D eigenvalue weighted by atomic mass is 10.3. The normalized spacial score (nSPS) is 9.21. The standard InChI is InChI=1S/C10H13N3O/c1-2-3-7-14-10-6-4-5-9(8-10)12-13-11/h4-6,8H,2-3,7H2,1H3. The molecule has 14 heavy (non-hydrogen) atoms. The first-order valence-electron chi connectivity index (χ1n) is 4.64. The fourth-order valence-corrected chi connectivity index (χ4v) is 1.02. The van der Waals surface area contributed by atoms with Crippen molar-refractivity contribution in [2.24, 2.45) is 5.11 Å². The van der Waals surface area contributed by atoms with Crippen LogP contribution in [0.1, 0.15) is 19.8 Å². The molecule has 1 aromatic carbocycles. The molecule has 0 saturated carbocycles. The number of ether oxygens (including phenoxy) is 1. The maximum Gasteiger partial charge on any atom is 0.119 e. The van der Waals surface area contributed by atoms with Gasteiger partial charge in [0.05, 0.1) is 6.61 Å². The number of rotatable bonds is 5. The van der Waals surface area contributed by atoms with Crippen molar-refractivity contribution in [1.29, 1.82) is 0 Å². The number of hydrogen-bond acceptors (Lipinski definition) is 2. The Labute approximate surface area is 83.1 Å². The molecule has 0 aliphatic carbocycles. The average Bonchev–Trinajstić information content (AvgIpc) is 2.19. The second kappa shape index (κ2) is 5.89. The molecule has 4 heteroatoms. The molecule has 0 aliphatic rings. The van der Waals surface area contributed by atoms with Crippen LogP contribution in [0.2, 0.25) is 0 Å². The lowest BCUT2D eigenvalue weighted by Crippen LogP contribution is -1.95. The van der Waals surface area contributed by atoms with E-state index in [0.29, 0.717) is 12.3 Å². The second-order valence-corrected chi connectivity index (χ2v) is 2.89. The third-order valence-electron chi connectivity index (χ3n) is 1.74. The van der Waals surface area contributed by atoms with E-state index in [1.807, 2.05) is 12.1 Å². The first-order chi connectivity index (χ1) is 6.86. The zero-order valence-corrected chi connectivity index (χ0v) is 8.18. The van der Waals surface area contributed by atoms with Crippen LogP contribution in [0.15, 0.2) is 29.4 Å². The molecule has 0 saturated heterocycles. The predicted molar refractivity (Wildman–Crippen MR) is 55.7 cm³/mol. The maximum atomic E-state index is 8.24. The lowest BCUT2D eigenvalue weighted by Gasteiger charge is -2.04. The molecule has 1 rings (SSSR count). The Morgan fingerprint density at radius 2 is 2.36 bits per heavy atom. The van der Waals surface area contributed by atoms with E-state index >= 15 is 0 Å². The van der Waals surface area contributed by atoms with E-state index in [-0.39, 0.29) is 0 Å². The van der Waals surface area contributed by atoms with Gasteiger partial charge in [0.15, 0.2) is 0 Å². The van der Waals surface area contributed by atoms with Gasteiger partial charge in [-0.15, -0.1) is 0 Å². The minimum Gasteiger partial charge on any atom is -0.494 e. The molecular formula is C10H13N3O. The molecule has 0 aromatic heterocycles. The summed E-state index contributed by atoms with van der Waals surface area (Å²) in [4.78, 5) is 2.71. The smallest absolute Gasteiger partial charge is 0.119 e. The number of hydrogen-bond donors (Lipinski definition) is 0. The fourth-order valence-electron chi connectivity index (χ4n) is 1.02. The number of benzene rings is 1. The van der Waals surface area contributed by atoms with E-state index < -0.39 is 0 Å². The van der Waals surface area contributed by atoms with Crippen molar-refractivity contribution in [2.45, 2.75) is 19.8 Å². The van der Waals surface area contributed by atoms with Crippen molar-refractivity contribution in [2.75, 3.05) is 6.61 Å². The molecular weight excluding hydrogens is 178 g/mol. The Hall–Kier alpha value is -1.67. The zero-order valence-electron chi connectivity index (χ0n) is 8.18. The molecule has 0 heterocycles. The van der Waals surface area contributed by atoms with Gasteiger partial charge in [-0.25, -0.2) is 0 Å². The summed E-state index contributed by atoms with van der Waals surface area (Å²) in [6.45, 7) is 2.82. The van der Waals surface area contributed by atoms with Crippen LogP contribution in [0.3, 0.4) is 0 Å². The van der Waals surface area contributed by atoms with Gasteiger partial charge in [0, 0.05) is 10.6 Å². The Morgan fingerprint density at radius 1 is 1.50 bits per heavy atom. The largest absolute Gasteiger partial charge is 0.494 e. The van der Waals surface area contributed by atoms with Gasteiger partial charge in [-0.2, -0.15) is 0 Å². The minimum atomic E-state index is 0.585. The van der Waals surface area contributed by atoms with Crippen molar-refractivity contribution in [3.63, 3.8) is 0 Å². The summed E-state index contributed by atoms with van der Waals surface area (Å²) in [6, 6.07) is 7.14. The van der Waals surface area contributed by atoms with Gasteiger partial charge in [0.1, 0.15) is 5.75 Å². The van der Waals surface area contributed by atoms with Crippen LogP contribution in [0.4, 0.5) is 5.69 Å². The van der Waals surface area contributed by atoms with Crippen LogP contribution in [-0.2, 0) is 0 Å². The monoisotopic (exact) mass is 191 g/mol. The van der Waals surface area contributed by atoms with E-state index in [0.717, 1.165) is 18.6 Å². The third kappa shape index (κ3) is 3.37. The van der Waals surface area contributed by atoms with Gasteiger partial charge >= 0.3 is 0 Å². The highest BCUT2D eigenvalue weighted by Crippen LogP contribution is 2.19. The van der Waals surface area contributed by atoms with Crippen molar-refractivity contribution in [1.82, 2.24) is 0 Å². The van der Waals surface area contributed by atoms with E-state index in [9.17, 15) is 0 Å². The zero-order chi connectivity index (χ0) is 10.2. The van der Waals surface area contributed by atoms with Crippen LogP contribution in [0, 0.1) is 0 Å². The summed E-state index contributed by atoms with van der Waals surface area (Å²) < 4.78 is 5.45. The highest BCUT2D eigenvalue weighted by Gasteiger charge is 1.94. The number of azide groups is 1. The third-order valence-corrected chi connectivity index (χ3v) is 1.74.